The maximum Gasteiger partial charge on any atom is 0.0304 e. The molecular formula is C18H30N2. The fraction of sp³-hybridized carbons (Fsp3) is 0.667. The molecule has 1 fully saturated rings. The first-order valence-corrected chi connectivity index (χ1v) is 8.04. The average molecular weight is 274 g/mol. The highest BCUT2D eigenvalue weighted by molar-refractivity contribution is 5.37. The van der Waals surface area contributed by atoms with Crippen LogP contribution in [-0.4, -0.2) is 30.1 Å². The van der Waals surface area contributed by atoms with Crippen LogP contribution in [0, 0.1) is 20.8 Å². The second-order valence-electron chi connectivity index (χ2n) is 6.50. The summed E-state index contributed by atoms with van der Waals surface area (Å²) in [5.74, 6) is 0. The number of aryl methyl sites for hydroxylation is 3. The Kier molecular flexibility index (Phi) is 4.87. The Morgan fingerprint density at radius 1 is 1.10 bits per heavy atom. The molecule has 112 valence electrons. The number of hydrogen-bond donors (Lipinski definition) is 1. The SMILES string of the molecule is CCC1(CC)CN(Cc2c(C)cc(C)cc2C)CCN1. The first kappa shape index (κ1) is 15.5. The molecule has 0 unspecified atom stereocenters. The molecule has 1 N–H and O–H groups in total. The fourth-order valence-electron chi connectivity index (χ4n) is 3.58. The van der Waals surface area contributed by atoms with Gasteiger partial charge in [0.2, 0.25) is 0 Å². The number of benzene rings is 1. The first-order chi connectivity index (χ1) is 9.49. The highest BCUT2D eigenvalue weighted by Gasteiger charge is 2.31. The van der Waals surface area contributed by atoms with Crippen LogP contribution >= 0.6 is 0 Å². The van der Waals surface area contributed by atoms with Crippen LogP contribution in [0.1, 0.15) is 48.9 Å². The second-order valence-corrected chi connectivity index (χ2v) is 6.50. The summed E-state index contributed by atoms with van der Waals surface area (Å²) in [5.41, 5.74) is 6.11. The molecule has 2 heteroatoms. The molecular weight excluding hydrogens is 244 g/mol. The van der Waals surface area contributed by atoms with Gasteiger partial charge in [0.1, 0.15) is 0 Å². The Morgan fingerprint density at radius 3 is 2.25 bits per heavy atom. The zero-order chi connectivity index (χ0) is 14.8. The second kappa shape index (κ2) is 6.28. The van der Waals surface area contributed by atoms with E-state index in [0.717, 1.165) is 19.6 Å². The highest BCUT2D eigenvalue weighted by Crippen LogP contribution is 2.24. The third-order valence-corrected chi connectivity index (χ3v) is 5.03. The van der Waals surface area contributed by atoms with Gasteiger partial charge in [-0.2, -0.15) is 0 Å². The maximum atomic E-state index is 3.74. The van der Waals surface area contributed by atoms with Crippen molar-refractivity contribution in [1.82, 2.24) is 10.2 Å². The molecule has 0 radical (unpaired) electrons. The van der Waals surface area contributed by atoms with Crippen molar-refractivity contribution in [1.29, 1.82) is 0 Å². The lowest BCUT2D eigenvalue weighted by molar-refractivity contribution is 0.118. The summed E-state index contributed by atoms with van der Waals surface area (Å²) >= 11 is 0. The van der Waals surface area contributed by atoms with Gasteiger partial charge in [-0.25, -0.2) is 0 Å². The third-order valence-electron chi connectivity index (χ3n) is 5.03. The van der Waals surface area contributed by atoms with Crippen molar-refractivity contribution in [3.05, 3.63) is 34.4 Å². The molecule has 1 aromatic rings. The van der Waals surface area contributed by atoms with E-state index in [9.17, 15) is 0 Å². The Bertz CT molecular complexity index is 437. The molecule has 0 bridgehead atoms. The maximum absolute atomic E-state index is 3.74. The summed E-state index contributed by atoms with van der Waals surface area (Å²) in [6, 6.07) is 4.63. The molecule has 0 aliphatic carbocycles. The molecule has 1 saturated heterocycles. The van der Waals surface area contributed by atoms with Crippen LogP contribution in [0.25, 0.3) is 0 Å². The number of piperazine rings is 1. The Labute approximate surface area is 124 Å². The molecule has 1 heterocycles. The predicted molar refractivity (Wildman–Crippen MR) is 87.2 cm³/mol. The van der Waals surface area contributed by atoms with E-state index in [1.807, 2.05) is 0 Å². The van der Waals surface area contributed by atoms with Gasteiger partial charge in [-0.1, -0.05) is 31.5 Å². The first-order valence-electron chi connectivity index (χ1n) is 8.04. The van der Waals surface area contributed by atoms with E-state index in [1.54, 1.807) is 0 Å². The smallest absolute Gasteiger partial charge is 0.0304 e. The lowest BCUT2D eigenvalue weighted by Gasteiger charge is -2.43. The minimum Gasteiger partial charge on any atom is -0.309 e. The fourth-order valence-corrected chi connectivity index (χ4v) is 3.58. The van der Waals surface area contributed by atoms with E-state index in [-0.39, 0.29) is 0 Å². The number of nitrogens with one attached hydrogen (secondary N) is 1. The molecule has 0 spiro atoms. The van der Waals surface area contributed by atoms with Crippen molar-refractivity contribution in [2.45, 2.75) is 59.5 Å². The lowest BCUT2D eigenvalue weighted by Crippen LogP contribution is -2.59. The van der Waals surface area contributed by atoms with Crippen molar-refractivity contribution >= 4 is 0 Å². The van der Waals surface area contributed by atoms with Gasteiger partial charge in [0.25, 0.3) is 0 Å². The Morgan fingerprint density at radius 2 is 1.70 bits per heavy atom. The topological polar surface area (TPSA) is 15.3 Å². The van der Waals surface area contributed by atoms with Crippen LogP contribution in [0.4, 0.5) is 0 Å². The van der Waals surface area contributed by atoms with Gasteiger partial charge in [-0.3, -0.25) is 4.90 Å². The summed E-state index contributed by atoms with van der Waals surface area (Å²) < 4.78 is 0. The molecule has 2 nitrogen and oxygen atoms in total. The predicted octanol–water partition coefficient (Wildman–Crippen LogP) is 3.58. The Balaban J connectivity index is 2.14. The minimum absolute atomic E-state index is 0.324. The van der Waals surface area contributed by atoms with Crippen molar-refractivity contribution < 1.29 is 0 Å². The highest BCUT2D eigenvalue weighted by atomic mass is 15.2. The lowest BCUT2D eigenvalue weighted by atomic mass is 9.89. The zero-order valence-electron chi connectivity index (χ0n) is 13.8. The average Bonchev–Trinajstić information content (AvgIpc) is 2.43. The molecule has 1 aliphatic heterocycles. The standard InChI is InChI=1S/C18H30N2/c1-6-18(7-2)13-20(9-8-19-18)12-17-15(4)10-14(3)11-16(17)5/h10-11,19H,6-9,12-13H2,1-5H3. The van der Waals surface area contributed by atoms with E-state index in [4.69, 9.17) is 0 Å². The van der Waals surface area contributed by atoms with Crippen LogP contribution < -0.4 is 5.32 Å². The minimum atomic E-state index is 0.324. The van der Waals surface area contributed by atoms with Gasteiger partial charge in [-0.05, 0) is 50.3 Å². The van der Waals surface area contributed by atoms with Crippen LogP contribution in [0.3, 0.4) is 0 Å². The van der Waals surface area contributed by atoms with E-state index in [0.29, 0.717) is 5.54 Å². The van der Waals surface area contributed by atoms with Crippen molar-refractivity contribution in [2.75, 3.05) is 19.6 Å². The molecule has 0 amide bonds. The summed E-state index contributed by atoms with van der Waals surface area (Å²) in [5, 5.41) is 3.74. The van der Waals surface area contributed by atoms with Crippen LogP contribution in [0.15, 0.2) is 12.1 Å². The zero-order valence-corrected chi connectivity index (χ0v) is 13.8. The quantitative estimate of drug-likeness (QED) is 0.903. The number of nitrogens with zero attached hydrogens (tertiary/aromatic N) is 1. The van der Waals surface area contributed by atoms with Crippen molar-refractivity contribution in [3.63, 3.8) is 0 Å². The normalized spacial score (nSPS) is 19.2. The summed E-state index contributed by atoms with van der Waals surface area (Å²) in [7, 11) is 0. The third kappa shape index (κ3) is 3.24. The Hall–Kier alpha value is -0.860. The number of hydrogen-bond acceptors (Lipinski definition) is 2. The largest absolute Gasteiger partial charge is 0.309 e. The van der Waals surface area contributed by atoms with Gasteiger partial charge < -0.3 is 5.32 Å². The van der Waals surface area contributed by atoms with Gasteiger partial charge in [0, 0.05) is 31.7 Å². The summed E-state index contributed by atoms with van der Waals surface area (Å²) in [6.45, 7) is 15.9. The number of rotatable bonds is 4. The van der Waals surface area contributed by atoms with Crippen LogP contribution in [-0.2, 0) is 6.54 Å². The monoisotopic (exact) mass is 274 g/mol. The molecule has 0 aromatic heterocycles. The van der Waals surface area contributed by atoms with E-state index < -0.39 is 0 Å². The van der Waals surface area contributed by atoms with Crippen LogP contribution in [0.5, 0.6) is 0 Å². The van der Waals surface area contributed by atoms with E-state index in [1.165, 1.54) is 41.6 Å². The molecule has 0 atom stereocenters. The molecule has 1 aromatic carbocycles. The molecule has 1 aliphatic rings. The van der Waals surface area contributed by atoms with Gasteiger partial charge in [0.05, 0.1) is 0 Å². The molecule has 2 rings (SSSR count). The van der Waals surface area contributed by atoms with Gasteiger partial charge >= 0.3 is 0 Å². The van der Waals surface area contributed by atoms with Gasteiger partial charge in [0.15, 0.2) is 0 Å². The summed E-state index contributed by atoms with van der Waals surface area (Å²) in [4.78, 5) is 2.63. The van der Waals surface area contributed by atoms with Gasteiger partial charge in [-0.15, -0.1) is 0 Å². The van der Waals surface area contributed by atoms with Crippen LogP contribution in [0.2, 0.25) is 0 Å². The van der Waals surface area contributed by atoms with Crippen molar-refractivity contribution in [2.24, 2.45) is 0 Å². The molecule has 0 saturated carbocycles. The summed E-state index contributed by atoms with van der Waals surface area (Å²) in [6.07, 6.45) is 2.43. The van der Waals surface area contributed by atoms with E-state index in [2.05, 4.69) is 57.0 Å². The van der Waals surface area contributed by atoms with E-state index >= 15 is 0 Å². The van der Waals surface area contributed by atoms with Crippen molar-refractivity contribution in [3.8, 4) is 0 Å². The molecule has 20 heavy (non-hydrogen) atoms.